The van der Waals surface area contributed by atoms with Crippen LogP contribution in [0.15, 0.2) is 24.5 Å². The Hall–Kier alpha value is -0.840. The monoisotopic (exact) mass is 333 g/mol. The molecule has 0 spiro atoms. The fourth-order valence-electron chi connectivity index (χ4n) is 2.69. The molecule has 0 radical (unpaired) electrons. The van der Waals surface area contributed by atoms with E-state index in [-0.39, 0.29) is 42.7 Å². The number of nitrogens with two attached hydrogens (primary N) is 1. The van der Waals surface area contributed by atoms with Crippen LogP contribution in [0.3, 0.4) is 0 Å². The number of hydrogen-bond donors (Lipinski definition) is 1. The van der Waals surface area contributed by atoms with Crippen LogP contribution in [-0.4, -0.2) is 34.9 Å². The van der Waals surface area contributed by atoms with Crippen molar-refractivity contribution in [3.05, 3.63) is 30.1 Å². The van der Waals surface area contributed by atoms with Gasteiger partial charge in [0.25, 0.3) is 0 Å². The van der Waals surface area contributed by atoms with Gasteiger partial charge in [-0.25, -0.2) is 0 Å². The minimum absolute atomic E-state index is 0. The summed E-state index contributed by atoms with van der Waals surface area (Å²) in [5, 5.41) is 0. The standard InChI is InChI=1S/C15H23N3O.2ClH/c1-11(14-4-3-7-17-10-14)15(19)18-8-5-13(6-9-18)12(2)16;;/h3-4,7,10-13H,5-6,8-9,16H2,1-2H3;2*1H. The van der Waals surface area contributed by atoms with Gasteiger partial charge in [0.2, 0.25) is 5.91 Å². The molecule has 2 N–H and O–H groups in total. The van der Waals surface area contributed by atoms with Crippen molar-refractivity contribution in [3.63, 3.8) is 0 Å². The van der Waals surface area contributed by atoms with Crippen LogP contribution in [0.4, 0.5) is 0 Å². The van der Waals surface area contributed by atoms with E-state index >= 15 is 0 Å². The van der Waals surface area contributed by atoms with Gasteiger partial charge in [-0.1, -0.05) is 6.07 Å². The highest BCUT2D eigenvalue weighted by molar-refractivity contribution is 5.85. The molecule has 1 aliphatic heterocycles. The van der Waals surface area contributed by atoms with Crippen LogP contribution in [0.2, 0.25) is 0 Å². The average molecular weight is 334 g/mol. The molecule has 1 saturated heterocycles. The highest BCUT2D eigenvalue weighted by Crippen LogP contribution is 2.23. The van der Waals surface area contributed by atoms with Crippen molar-refractivity contribution in [3.8, 4) is 0 Å². The first-order chi connectivity index (χ1) is 9.09. The molecule has 0 aliphatic carbocycles. The number of carbonyl (C=O) groups is 1. The highest BCUT2D eigenvalue weighted by Gasteiger charge is 2.27. The van der Waals surface area contributed by atoms with Crippen LogP contribution in [0.5, 0.6) is 0 Å². The van der Waals surface area contributed by atoms with Gasteiger partial charge in [-0.3, -0.25) is 9.78 Å². The number of hydrogen-bond acceptors (Lipinski definition) is 3. The van der Waals surface area contributed by atoms with Crippen molar-refractivity contribution in [2.45, 2.75) is 38.6 Å². The molecule has 2 rings (SSSR count). The average Bonchev–Trinajstić information content (AvgIpc) is 2.46. The number of halogens is 2. The molecule has 1 fully saturated rings. The first-order valence-electron chi connectivity index (χ1n) is 7.04. The molecule has 2 atom stereocenters. The lowest BCUT2D eigenvalue weighted by Gasteiger charge is -2.35. The summed E-state index contributed by atoms with van der Waals surface area (Å²) in [7, 11) is 0. The van der Waals surface area contributed by atoms with E-state index in [2.05, 4.69) is 11.9 Å². The van der Waals surface area contributed by atoms with Gasteiger partial charge in [-0.2, -0.15) is 0 Å². The molecule has 4 nitrogen and oxygen atoms in total. The summed E-state index contributed by atoms with van der Waals surface area (Å²) >= 11 is 0. The van der Waals surface area contributed by atoms with Crippen LogP contribution in [-0.2, 0) is 4.79 Å². The summed E-state index contributed by atoms with van der Waals surface area (Å²) < 4.78 is 0. The predicted octanol–water partition coefficient (Wildman–Crippen LogP) is 2.61. The first kappa shape index (κ1) is 20.2. The third-order valence-corrected chi connectivity index (χ3v) is 4.15. The maximum absolute atomic E-state index is 12.4. The zero-order valence-corrected chi connectivity index (χ0v) is 14.2. The number of nitrogens with zero attached hydrogens (tertiary/aromatic N) is 2. The summed E-state index contributed by atoms with van der Waals surface area (Å²) in [6.07, 6.45) is 5.54. The third kappa shape index (κ3) is 5.13. The van der Waals surface area contributed by atoms with Gasteiger partial charge in [0.1, 0.15) is 0 Å². The lowest BCUT2D eigenvalue weighted by atomic mass is 9.90. The van der Waals surface area contributed by atoms with E-state index in [9.17, 15) is 4.79 Å². The maximum atomic E-state index is 12.4. The smallest absolute Gasteiger partial charge is 0.229 e. The van der Waals surface area contributed by atoms with E-state index in [0.29, 0.717) is 5.92 Å². The van der Waals surface area contributed by atoms with E-state index in [1.54, 1.807) is 12.4 Å². The molecule has 2 unspecified atom stereocenters. The Kier molecular flexibility index (Phi) is 8.86. The number of rotatable bonds is 3. The predicted molar refractivity (Wildman–Crippen MR) is 90.1 cm³/mol. The van der Waals surface area contributed by atoms with Gasteiger partial charge < -0.3 is 10.6 Å². The number of pyridine rings is 1. The molecular weight excluding hydrogens is 309 g/mol. The summed E-state index contributed by atoms with van der Waals surface area (Å²) in [5.74, 6) is 0.648. The minimum atomic E-state index is -0.111. The Labute approximate surface area is 139 Å². The molecule has 1 amide bonds. The fraction of sp³-hybridized carbons (Fsp3) is 0.600. The Morgan fingerprint density at radius 1 is 1.33 bits per heavy atom. The topological polar surface area (TPSA) is 59.2 Å². The van der Waals surface area contributed by atoms with E-state index in [1.165, 1.54) is 0 Å². The first-order valence-corrected chi connectivity index (χ1v) is 7.04. The van der Waals surface area contributed by atoms with Crippen molar-refractivity contribution in [1.82, 2.24) is 9.88 Å². The van der Waals surface area contributed by atoms with Crippen molar-refractivity contribution in [1.29, 1.82) is 0 Å². The zero-order chi connectivity index (χ0) is 13.8. The normalized spacial score (nSPS) is 18.1. The molecule has 1 aromatic rings. The minimum Gasteiger partial charge on any atom is -0.342 e. The van der Waals surface area contributed by atoms with Crippen molar-refractivity contribution in [2.24, 2.45) is 11.7 Å². The molecule has 120 valence electrons. The summed E-state index contributed by atoms with van der Waals surface area (Å²) in [4.78, 5) is 18.5. The maximum Gasteiger partial charge on any atom is 0.229 e. The second kappa shape index (κ2) is 9.23. The summed E-state index contributed by atoms with van der Waals surface area (Å²) in [6, 6.07) is 4.07. The Morgan fingerprint density at radius 3 is 2.43 bits per heavy atom. The number of aromatic nitrogens is 1. The molecular formula is C15H25Cl2N3O. The molecule has 0 aromatic carbocycles. The molecule has 21 heavy (non-hydrogen) atoms. The molecule has 6 heteroatoms. The number of carbonyl (C=O) groups excluding carboxylic acids is 1. The summed E-state index contributed by atoms with van der Waals surface area (Å²) in [6.45, 7) is 5.67. The van der Waals surface area contributed by atoms with Crippen LogP contribution in [0.1, 0.15) is 38.2 Å². The number of likely N-dealkylation sites (tertiary alicyclic amines) is 1. The Morgan fingerprint density at radius 2 is 1.95 bits per heavy atom. The SMILES string of the molecule is CC(C(=O)N1CCC(C(C)N)CC1)c1cccnc1.Cl.Cl. The second-order valence-corrected chi connectivity index (χ2v) is 5.53. The second-order valence-electron chi connectivity index (χ2n) is 5.53. The molecule has 1 aliphatic rings. The van der Waals surface area contributed by atoms with Crippen LogP contribution in [0, 0.1) is 5.92 Å². The van der Waals surface area contributed by atoms with Crippen LogP contribution in [0.25, 0.3) is 0 Å². The Bertz CT molecular complexity index is 420. The Balaban J connectivity index is 0.00000200. The highest BCUT2D eigenvalue weighted by atomic mass is 35.5. The van der Waals surface area contributed by atoms with Gasteiger partial charge in [-0.05, 0) is 44.2 Å². The van der Waals surface area contributed by atoms with E-state index in [0.717, 1.165) is 31.5 Å². The van der Waals surface area contributed by atoms with Crippen LogP contribution < -0.4 is 5.73 Å². The van der Waals surface area contributed by atoms with Crippen molar-refractivity contribution in [2.75, 3.05) is 13.1 Å². The van der Waals surface area contributed by atoms with Crippen LogP contribution >= 0.6 is 24.8 Å². The number of amides is 1. The lowest BCUT2D eigenvalue weighted by molar-refractivity contribution is -0.133. The zero-order valence-electron chi connectivity index (χ0n) is 12.6. The van der Waals surface area contributed by atoms with E-state index < -0.39 is 0 Å². The number of piperidine rings is 1. The van der Waals surface area contributed by atoms with Gasteiger partial charge in [0, 0.05) is 31.5 Å². The fourth-order valence-corrected chi connectivity index (χ4v) is 2.69. The molecule has 1 aromatic heterocycles. The van der Waals surface area contributed by atoms with Crippen molar-refractivity contribution >= 4 is 30.7 Å². The molecule has 0 saturated carbocycles. The van der Waals surface area contributed by atoms with Gasteiger partial charge in [-0.15, -0.1) is 24.8 Å². The lowest BCUT2D eigenvalue weighted by Crippen LogP contribution is -2.43. The largest absolute Gasteiger partial charge is 0.342 e. The molecule has 0 bridgehead atoms. The molecule has 2 heterocycles. The quantitative estimate of drug-likeness (QED) is 0.924. The van der Waals surface area contributed by atoms with E-state index in [1.807, 2.05) is 24.0 Å². The van der Waals surface area contributed by atoms with Gasteiger partial charge in [0.15, 0.2) is 0 Å². The third-order valence-electron chi connectivity index (χ3n) is 4.15. The van der Waals surface area contributed by atoms with Gasteiger partial charge in [0.05, 0.1) is 5.92 Å². The van der Waals surface area contributed by atoms with Crippen molar-refractivity contribution < 1.29 is 4.79 Å². The van der Waals surface area contributed by atoms with Gasteiger partial charge >= 0.3 is 0 Å². The summed E-state index contributed by atoms with van der Waals surface area (Å²) in [5.41, 5.74) is 6.92. The van der Waals surface area contributed by atoms with E-state index in [4.69, 9.17) is 5.73 Å².